The van der Waals surface area contributed by atoms with Crippen molar-refractivity contribution in [3.8, 4) is 0 Å². The summed E-state index contributed by atoms with van der Waals surface area (Å²) in [5.74, 6) is 0. The van der Waals surface area contributed by atoms with Gasteiger partial charge < -0.3 is 0 Å². The molecule has 0 aromatic heterocycles. The van der Waals surface area contributed by atoms with Gasteiger partial charge in [0.1, 0.15) is 0 Å². The highest BCUT2D eigenvalue weighted by Crippen LogP contribution is 2.39. The molecule has 0 fully saturated rings. The minimum atomic E-state index is 0.148. The van der Waals surface area contributed by atoms with Crippen molar-refractivity contribution in [1.82, 2.24) is 0 Å². The van der Waals surface area contributed by atoms with E-state index in [0.717, 1.165) is 6.42 Å². The third-order valence-corrected chi connectivity index (χ3v) is 6.87. The van der Waals surface area contributed by atoms with Gasteiger partial charge in [-0.05, 0) is 85.2 Å². The van der Waals surface area contributed by atoms with E-state index in [0.29, 0.717) is 0 Å². The summed E-state index contributed by atoms with van der Waals surface area (Å²) in [4.78, 5) is 0. The fourth-order valence-electron chi connectivity index (χ4n) is 4.83. The zero-order chi connectivity index (χ0) is 22.6. The molecule has 0 unspecified atom stereocenters. The van der Waals surface area contributed by atoms with Crippen molar-refractivity contribution in [3.63, 3.8) is 0 Å². The quantitative estimate of drug-likeness (QED) is 0.295. The van der Waals surface area contributed by atoms with Crippen LogP contribution in [0, 0.1) is 6.92 Å². The van der Waals surface area contributed by atoms with E-state index in [1.165, 1.54) is 67.4 Å². The lowest BCUT2D eigenvalue weighted by Crippen LogP contribution is -2.11. The van der Waals surface area contributed by atoms with E-state index >= 15 is 0 Å². The Hall–Kier alpha value is -2.34. The van der Waals surface area contributed by atoms with Gasteiger partial charge in [-0.2, -0.15) is 0 Å². The maximum absolute atomic E-state index is 2.46. The summed E-state index contributed by atoms with van der Waals surface area (Å²) in [5.41, 5.74) is 6.00. The first kappa shape index (κ1) is 21.9. The maximum atomic E-state index is 2.46. The molecule has 0 heteroatoms. The van der Waals surface area contributed by atoms with Crippen LogP contribution in [-0.2, 0) is 17.3 Å². The van der Waals surface area contributed by atoms with Crippen LogP contribution in [0.2, 0.25) is 0 Å². The lowest BCUT2D eigenvalue weighted by molar-refractivity contribution is 0.591. The normalized spacial score (nSPS) is 12.9. The van der Waals surface area contributed by atoms with Gasteiger partial charge in [0.15, 0.2) is 0 Å². The molecule has 162 valence electrons. The van der Waals surface area contributed by atoms with Crippen molar-refractivity contribution in [2.75, 3.05) is 0 Å². The average molecular weight is 411 g/mol. The Morgan fingerprint density at radius 3 is 1.87 bits per heavy atom. The van der Waals surface area contributed by atoms with E-state index in [2.05, 4.69) is 104 Å². The number of fused-ring (bicyclic) bond motifs is 5. The Morgan fingerprint density at radius 1 is 0.645 bits per heavy atom. The zero-order valence-corrected chi connectivity index (χ0v) is 20.7. The lowest BCUT2D eigenvalue weighted by atomic mass is 9.82. The molecule has 31 heavy (non-hydrogen) atoms. The van der Waals surface area contributed by atoms with E-state index < -0.39 is 0 Å². The Bertz CT molecular complexity index is 1270. The number of aryl methyl sites for hydroxylation is 2. The Labute approximate surface area is 188 Å². The number of unbranched alkanes of at least 4 members (excludes halogenated alkanes) is 1. The van der Waals surface area contributed by atoms with E-state index in [9.17, 15) is 0 Å². The molecule has 0 heterocycles. The highest BCUT2D eigenvalue weighted by Gasteiger charge is 2.19. The smallest absolute Gasteiger partial charge is 0.00667 e. The second kappa shape index (κ2) is 7.66. The summed E-state index contributed by atoms with van der Waals surface area (Å²) in [6, 6.07) is 19.2. The van der Waals surface area contributed by atoms with Gasteiger partial charge in [0, 0.05) is 0 Å². The van der Waals surface area contributed by atoms with E-state index in [-0.39, 0.29) is 10.8 Å². The molecule has 0 aliphatic heterocycles. The maximum Gasteiger partial charge on any atom is -0.00667 e. The molecule has 4 rings (SSSR count). The monoisotopic (exact) mass is 410 g/mol. The summed E-state index contributed by atoms with van der Waals surface area (Å²) in [6.45, 7) is 18.4. The van der Waals surface area contributed by atoms with Crippen LogP contribution < -0.4 is 0 Å². The molecular formula is C31H38. The first-order valence-corrected chi connectivity index (χ1v) is 11.9. The number of benzene rings is 4. The minimum Gasteiger partial charge on any atom is -0.0654 e. The predicted octanol–water partition coefficient (Wildman–Crippen LogP) is 9.39. The zero-order valence-electron chi connectivity index (χ0n) is 20.7. The molecule has 0 amide bonds. The fraction of sp³-hybridized carbons (Fsp3) is 0.419. The van der Waals surface area contributed by atoms with Crippen molar-refractivity contribution in [2.45, 2.75) is 85.5 Å². The second-order valence-electron chi connectivity index (χ2n) is 11.5. The molecule has 4 aromatic carbocycles. The average Bonchev–Trinajstić information content (AvgIpc) is 2.70. The Balaban J connectivity index is 2.14. The molecule has 0 N–H and O–H groups in total. The largest absolute Gasteiger partial charge is 0.0654 e. The Morgan fingerprint density at radius 2 is 1.26 bits per heavy atom. The first-order valence-electron chi connectivity index (χ1n) is 11.9. The third kappa shape index (κ3) is 3.98. The standard InChI is InChI=1S/C31H38/c1-9-10-11-22-17-21-12-13-23(30(3,4)5)19-27(21)28-16-20(2)26-18-24(31(6,7)8)14-15-25(26)29(22)28/h12-19H,9-11H2,1-8H3. The van der Waals surface area contributed by atoms with Crippen LogP contribution in [0.3, 0.4) is 0 Å². The molecule has 0 bridgehead atoms. The van der Waals surface area contributed by atoms with E-state index in [4.69, 9.17) is 0 Å². The molecular weight excluding hydrogens is 372 g/mol. The van der Waals surface area contributed by atoms with Gasteiger partial charge in [0.05, 0.1) is 0 Å². The van der Waals surface area contributed by atoms with Gasteiger partial charge >= 0.3 is 0 Å². The van der Waals surface area contributed by atoms with Crippen LogP contribution >= 0.6 is 0 Å². The van der Waals surface area contributed by atoms with Crippen LogP contribution in [0.1, 0.15) is 83.6 Å². The Kier molecular flexibility index (Phi) is 5.41. The molecule has 0 saturated heterocycles. The molecule has 0 aliphatic rings. The van der Waals surface area contributed by atoms with Crippen LogP contribution in [0.5, 0.6) is 0 Å². The molecule has 4 aromatic rings. The predicted molar refractivity (Wildman–Crippen MR) is 140 cm³/mol. The van der Waals surface area contributed by atoms with Gasteiger partial charge in [0.25, 0.3) is 0 Å². The van der Waals surface area contributed by atoms with Gasteiger partial charge in [-0.25, -0.2) is 0 Å². The number of hydrogen-bond donors (Lipinski definition) is 0. The highest BCUT2D eigenvalue weighted by molar-refractivity contribution is 6.19. The van der Waals surface area contributed by atoms with Crippen LogP contribution in [-0.4, -0.2) is 0 Å². The SMILES string of the molecule is CCCCc1cc2ccc(C(C)(C)C)cc2c2cc(C)c3cc(C(C)(C)C)ccc3c12. The lowest BCUT2D eigenvalue weighted by Gasteiger charge is -2.22. The first-order chi connectivity index (χ1) is 14.5. The van der Waals surface area contributed by atoms with Gasteiger partial charge in [-0.1, -0.05) is 103 Å². The van der Waals surface area contributed by atoms with Crippen molar-refractivity contribution >= 4 is 32.3 Å². The van der Waals surface area contributed by atoms with Crippen molar-refractivity contribution in [3.05, 3.63) is 70.8 Å². The molecule has 0 radical (unpaired) electrons. The summed E-state index contributed by atoms with van der Waals surface area (Å²) in [5, 5.41) is 8.47. The van der Waals surface area contributed by atoms with Gasteiger partial charge in [-0.15, -0.1) is 0 Å². The van der Waals surface area contributed by atoms with E-state index in [1.54, 1.807) is 0 Å². The fourth-order valence-corrected chi connectivity index (χ4v) is 4.83. The topological polar surface area (TPSA) is 0 Å². The minimum absolute atomic E-state index is 0.148. The summed E-state index contributed by atoms with van der Waals surface area (Å²) in [6.07, 6.45) is 3.60. The van der Waals surface area contributed by atoms with Gasteiger partial charge in [-0.3, -0.25) is 0 Å². The highest BCUT2D eigenvalue weighted by atomic mass is 14.2. The van der Waals surface area contributed by atoms with E-state index in [1.807, 2.05) is 0 Å². The second-order valence-corrected chi connectivity index (χ2v) is 11.5. The van der Waals surface area contributed by atoms with Crippen LogP contribution in [0.25, 0.3) is 32.3 Å². The molecule has 0 atom stereocenters. The van der Waals surface area contributed by atoms with Crippen molar-refractivity contribution in [1.29, 1.82) is 0 Å². The van der Waals surface area contributed by atoms with Crippen LogP contribution in [0.15, 0.2) is 48.5 Å². The van der Waals surface area contributed by atoms with Gasteiger partial charge in [0.2, 0.25) is 0 Å². The summed E-state index contributed by atoms with van der Waals surface area (Å²) < 4.78 is 0. The third-order valence-electron chi connectivity index (χ3n) is 6.87. The molecule has 0 aliphatic carbocycles. The van der Waals surface area contributed by atoms with Crippen molar-refractivity contribution in [2.24, 2.45) is 0 Å². The van der Waals surface area contributed by atoms with Crippen LogP contribution in [0.4, 0.5) is 0 Å². The number of rotatable bonds is 3. The van der Waals surface area contributed by atoms with Crippen molar-refractivity contribution < 1.29 is 0 Å². The molecule has 0 spiro atoms. The molecule has 0 saturated carbocycles. The number of hydrogen-bond acceptors (Lipinski definition) is 0. The summed E-state index contributed by atoms with van der Waals surface area (Å²) >= 11 is 0. The molecule has 0 nitrogen and oxygen atoms in total. The summed E-state index contributed by atoms with van der Waals surface area (Å²) in [7, 11) is 0.